The zero-order valence-electron chi connectivity index (χ0n) is 17.6. The third-order valence-corrected chi connectivity index (χ3v) is 5.96. The lowest BCUT2D eigenvalue weighted by atomic mass is 10.1. The van der Waals surface area contributed by atoms with Crippen molar-refractivity contribution in [1.82, 2.24) is 9.88 Å². The Morgan fingerprint density at radius 3 is 2.47 bits per heavy atom. The minimum atomic E-state index is -0.494. The van der Waals surface area contributed by atoms with Crippen LogP contribution >= 0.6 is 11.6 Å². The molecule has 1 fully saturated rings. The zero-order chi connectivity index (χ0) is 22.4. The number of urea groups is 1. The van der Waals surface area contributed by atoms with Crippen molar-refractivity contribution in [2.24, 2.45) is 0 Å². The van der Waals surface area contributed by atoms with Gasteiger partial charge in [-0.3, -0.25) is 4.79 Å². The van der Waals surface area contributed by atoms with Gasteiger partial charge >= 0.3 is 6.03 Å². The summed E-state index contributed by atoms with van der Waals surface area (Å²) in [4.78, 5) is 26.6. The van der Waals surface area contributed by atoms with Crippen LogP contribution in [0.25, 0.3) is 22.5 Å². The van der Waals surface area contributed by atoms with Crippen LogP contribution in [-0.2, 0) is 4.79 Å². The van der Waals surface area contributed by atoms with Crippen molar-refractivity contribution in [2.75, 3.05) is 4.90 Å². The highest BCUT2D eigenvalue weighted by atomic mass is 35.5. The van der Waals surface area contributed by atoms with E-state index in [0.29, 0.717) is 10.7 Å². The number of rotatable bonds is 3. The van der Waals surface area contributed by atoms with Crippen molar-refractivity contribution in [2.45, 2.75) is 13.8 Å². The van der Waals surface area contributed by atoms with Gasteiger partial charge in [0.05, 0.1) is 11.4 Å². The number of hydrogen-bond acceptors (Lipinski definition) is 2. The maximum absolute atomic E-state index is 13.0. The van der Waals surface area contributed by atoms with Gasteiger partial charge in [-0.25, -0.2) is 9.69 Å². The van der Waals surface area contributed by atoms with E-state index >= 15 is 0 Å². The molecule has 0 spiro atoms. The lowest BCUT2D eigenvalue weighted by Gasteiger charge is -2.13. The summed E-state index contributed by atoms with van der Waals surface area (Å²) in [6.45, 7) is 4.04. The van der Waals surface area contributed by atoms with Gasteiger partial charge in [-0.1, -0.05) is 54.1 Å². The first-order chi connectivity index (χ1) is 15.4. The summed E-state index contributed by atoms with van der Waals surface area (Å²) < 4.78 is 2.17. The highest BCUT2D eigenvalue weighted by molar-refractivity contribution is 6.32. The number of halogens is 1. The first-order valence-corrected chi connectivity index (χ1v) is 10.6. The summed E-state index contributed by atoms with van der Waals surface area (Å²) in [6, 6.07) is 22.7. The molecule has 2 heterocycles. The number of benzene rings is 3. The second-order valence-electron chi connectivity index (χ2n) is 7.77. The SMILES string of the molecule is Cc1cc(/C=C2/NC(=O)N(c3cccc(Cl)c3)C2=O)c(C)n1-c1cccc2ccccc12. The van der Waals surface area contributed by atoms with E-state index in [4.69, 9.17) is 11.6 Å². The molecule has 0 bridgehead atoms. The molecule has 3 aromatic carbocycles. The number of aryl methyl sites for hydroxylation is 1. The molecule has 3 amide bonds. The van der Waals surface area contributed by atoms with Crippen LogP contribution in [0, 0.1) is 13.8 Å². The molecule has 6 heteroatoms. The molecule has 0 radical (unpaired) electrons. The molecule has 5 rings (SSSR count). The maximum Gasteiger partial charge on any atom is 0.333 e. The number of nitrogens with one attached hydrogen (secondary N) is 1. The van der Waals surface area contributed by atoms with Gasteiger partial charge in [-0.15, -0.1) is 0 Å². The van der Waals surface area contributed by atoms with Crippen LogP contribution < -0.4 is 10.2 Å². The quantitative estimate of drug-likeness (QED) is 0.313. The van der Waals surface area contributed by atoms with Gasteiger partial charge in [0, 0.05) is 21.8 Å². The second-order valence-corrected chi connectivity index (χ2v) is 8.21. The third-order valence-electron chi connectivity index (χ3n) is 5.72. The number of carbonyl (C=O) groups is 2. The molecule has 0 atom stereocenters. The van der Waals surface area contributed by atoms with Gasteiger partial charge in [0.1, 0.15) is 5.70 Å². The molecule has 4 aromatic rings. The normalized spacial score (nSPS) is 15.1. The molecule has 1 saturated heterocycles. The minimum absolute atomic E-state index is 0.230. The summed E-state index contributed by atoms with van der Waals surface area (Å²) in [6.07, 6.45) is 1.73. The van der Waals surface area contributed by atoms with Crippen molar-refractivity contribution in [3.05, 3.63) is 100 Å². The number of fused-ring (bicyclic) bond motifs is 1. The van der Waals surface area contributed by atoms with Crippen LogP contribution in [-0.4, -0.2) is 16.5 Å². The molecule has 0 saturated carbocycles. The Morgan fingerprint density at radius 1 is 0.906 bits per heavy atom. The maximum atomic E-state index is 13.0. The fourth-order valence-electron chi connectivity index (χ4n) is 4.25. The first-order valence-electron chi connectivity index (χ1n) is 10.2. The average molecular weight is 442 g/mol. The highest BCUT2D eigenvalue weighted by Gasteiger charge is 2.35. The Morgan fingerprint density at radius 2 is 1.66 bits per heavy atom. The van der Waals surface area contributed by atoms with Gasteiger partial charge in [-0.05, 0) is 61.2 Å². The van der Waals surface area contributed by atoms with E-state index in [1.165, 1.54) is 0 Å². The molecule has 32 heavy (non-hydrogen) atoms. The Labute approximate surface area is 190 Å². The topological polar surface area (TPSA) is 54.3 Å². The van der Waals surface area contributed by atoms with Crippen LogP contribution in [0.15, 0.2) is 78.5 Å². The summed E-state index contributed by atoms with van der Waals surface area (Å²) in [5.41, 5.74) is 4.62. The van der Waals surface area contributed by atoms with Crippen LogP contribution in [0.4, 0.5) is 10.5 Å². The number of hydrogen-bond donors (Lipinski definition) is 1. The molecule has 0 unspecified atom stereocenters. The lowest BCUT2D eigenvalue weighted by Crippen LogP contribution is -2.30. The van der Waals surface area contributed by atoms with Crippen LogP contribution in [0.2, 0.25) is 5.02 Å². The summed E-state index contributed by atoms with van der Waals surface area (Å²) >= 11 is 6.04. The van der Waals surface area contributed by atoms with Gasteiger partial charge in [-0.2, -0.15) is 0 Å². The number of aromatic nitrogens is 1. The van der Waals surface area contributed by atoms with Gasteiger partial charge in [0.25, 0.3) is 5.91 Å². The van der Waals surface area contributed by atoms with E-state index in [0.717, 1.165) is 38.3 Å². The van der Waals surface area contributed by atoms with Crippen molar-refractivity contribution < 1.29 is 9.59 Å². The Kier molecular flexibility index (Phi) is 4.83. The van der Waals surface area contributed by atoms with E-state index < -0.39 is 11.9 Å². The predicted octanol–water partition coefficient (Wildman–Crippen LogP) is 6.00. The molecular weight excluding hydrogens is 422 g/mol. The number of anilines is 1. The smallest absolute Gasteiger partial charge is 0.317 e. The molecule has 1 aliphatic heterocycles. The molecule has 158 valence electrons. The standard InChI is InChI=1S/C26H20ClN3O2/c1-16-13-19(17(2)29(16)24-12-5-8-18-7-3-4-11-22(18)24)14-23-25(31)30(26(32)28-23)21-10-6-9-20(27)15-21/h3-15H,1-2H3,(H,28,32)/b23-14+. The fourth-order valence-corrected chi connectivity index (χ4v) is 4.43. The largest absolute Gasteiger partial charge is 0.333 e. The number of nitrogens with zero attached hydrogens (tertiary/aromatic N) is 2. The second kappa shape index (κ2) is 7.70. The Balaban J connectivity index is 1.56. The van der Waals surface area contributed by atoms with E-state index in [2.05, 4.69) is 34.1 Å². The van der Waals surface area contributed by atoms with E-state index in [1.54, 1.807) is 30.3 Å². The Hall–Kier alpha value is -3.83. The third kappa shape index (κ3) is 3.27. The summed E-state index contributed by atoms with van der Waals surface area (Å²) in [5.74, 6) is -0.410. The average Bonchev–Trinajstić information content (AvgIpc) is 3.21. The molecular formula is C26H20ClN3O2. The molecule has 1 aliphatic rings. The number of carbonyl (C=O) groups excluding carboxylic acids is 2. The van der Waals surface area contributed by atoms with Crippen LogP contribution in [0.3, 0.4) is 0 Å². The Bertz CT molecular complexity index is 1430. The van der Waals surface area contributed by atoms with E-state index in [9.17, 15) is 9.59 Å². The number of amides is 3. The molecule has 0 aliphatic carbocycles. The molecule has 1 aromatic heterocycles. The first kappa shape index (κ1) is 20.1. The number of imide groups is 1. The zero-order valence-corrected chi connectivity index (χ0v) is 18.4. The van der Waals surface area contributed by atoms with E-state index in [-0.39, 0.29) is 5.70 Å². The van der Waals surface area contributed by atoms with Crippen molar-refractivity contribution in [3.63, 3.8) is 0 Å². The van der Waals surface area contributed by atoms with Gasteiger partial charge < -0.3 is 9.88 Å². The predicted molar refractivity (Wildman–Crippen MR) is 128 cm³/mol. The monoisotopic (exact) mass is 441 g/mol. The van der Waals surface area contributed by atoms with Crippen molar-refractivity contribution in [3.8, 4) is 5.69 Å². The lowest BCUT2D eigenvalue weighted by molar-refractivity contribution is -0.113. The van der Waals surface area contributed by atoms with Crippen LogP contribution in [0.1, 0.15) is 17.0 Å². The fraction of sp³-hybridized carbons (Fsp3) is 0.0769. The summed E-state index contributed by atoms with van der Waals surface area (Å²) in [5, 5.41) is 5.46. The minimum Gasteiger partial charge on any atom is -0.317 e. The van der Waals surface area contributed by atoms with E-state index in [1.807, 2.05) is 38.1 Å². The van der Waals surface area contributed by atoms with Crippen molar-refractivity contribution >= 4 is 46.1 Å². The summed E-state index contributed by atoms with van der Waals surface area (Å²) in [7, 11) is 0. The van der Waals surface area contributed by atoms with Gasteiger partial charge in [0.15, 0.2) is 0 Å². The molecule has 5 nitrogen and oxygen atoms in total. The highest BCUT2D eigenvalue weighted by Crippen LogP contribution is 2.30. The van der Waals surface area contributed by atoms with Crippen molar-refractivity contribution in [1.29, 1.82) is 0 Å². The van der Waals surface area contributed by atoms with Gasteiger partial charge in [0.2, 0.25) is 0 Å². The van der Waals surface area contributed by atoms with Crippen LogP contribution in [0.5, 0.6) is 0 Å². The molecule has 1 N–H and O–H groups in total.